The standard InChI is InChI=1S/C29H30Cl2N2O4/c1-4-5-6-7-11-14-37-27-23(30)15-21(16-24(27)31)26(34)25-18(2)22(17-32)28(35)33(29(25)36)19(3)20-12-9-8-10-13-20/h8-10,12-13,15-16,19,36H,4-7,11,14H2,1-3H3. The molecule has 0 spiro atoms. The van der Waals surface area contributed by atoms with E-state index < -0.39 is 23.3 Å². The summed E-state index contributed by atoms with van der Waals surface area (Å²) in [6, 6.07) is 13.1. The van der Waals surface area contributed by atoms with Gasteiger partial charge in [0.05, 0.1) is 28.3 Å². The van der Waals surface area contributed by atoms with Crippen LogP contribution in [0.3, 0.4) is 0 Å². The van der Waals surface area contributed by atoms with E-state index in [4.69, 9.17) is 27.9 Å². The van der Waals surface area contributed by atoms with E-state index in [1.165, 1.54) is 25.5 Å². The second-order valence-electron chi connectivity index (χ2n) is 8.93. The zero-order chi connectivity index (χ0) is 27.1. The summed E-state index contributed by atoms with van der Waals surface area (Å²) in [5.74, 6) is -0.852. The number of ketones is 1. The Labute approximate surface area is 227 Å². The lowest BCUT2D eigenvalue weighted by Crippen LogP contribution is -2.29. The van der Waals surface area contributed by atoms with E-state index in [1.807, 2.05) is 12.1 Å². The summed E-state index contributed by atoms with van der Waals surface area (Å²) >= 11 is 12.8. The molecule has 0 aliphatic rings. The third-order valence-electron chi connectivity index (χ3n) is 6.40. The Bertz CT molecular complexity index is 1350. The second-order valence-corrected chi connectivity index (χ2v) is 9.75. The summed E-state index contributed by atoms with van der Waals surface area (Å²) in [7, 11) is 0. The molecule has 1 aromatic heterocycles. The van der Waals surface area contributed by atoms with E-state index >= 15 is 0 Å². The topological polar surface area (TPSA) is 92.3 Å². The van der Waals surface area contributed by atoms with Crippen molar-refractivity contribution in [1.82, 2.24) is 4.57 Å². The smallest absolute Gasteiger partial charge is 0.272 e. The monoisotopic (exact) mass is 540 g/mol. The Morgan fingerprint density at radius 1 is 1.11 bits per heavy atom. The van der Waals surface area contributed by atoms with Gasteiger partial charge < -0.3 is 9.84 Å². The minimum atomic E-state index is -0.677. The highest BCUT2D eigenvalue weighted by Gasteiger charge is 2.28. The molecule has 0 saturated heterocycles. The molecule has 0 saturated carbocycles. The van der Waals surface area contributed by atoms with Crippen molar-refractivity contribution in [3.63, 3.8) is 0 Å². The van der Waals surface area contributed by atoms with E-state index in [0.29, 0.717) is 6.61 Å². The quantitative estimate of drug-likeness (QED) is 0.204. The predicted octanol–water partition coefficient (Wildman–Crippen LogP) is 7.23. The molecule has 3 rings (SSSR count). The third-order valence-corrected chi connectivity index (χ3v) is 6.96. The number of benzene rings is 2. The van der Waals surface area contributed by atoms with E-state index in [0.717, 1.165) is 35.8 Å². The number of unbranched alkanes of at least 4 members (excludes halogenated alkanes) is 4. The summed E-state index contributed by atoms with van der Waals surface area (Å²) in [5, 5.41) is 21.2. The Balaban J connectivity index is 2.00. The first-order valence-electron chi connectivity index (χ1n) is 12.3. The van der Waals surface area contributed by atoms with Crippen molar-refractivity contribution >= 4 is 29.0 Å². The predicted molar refractivity (Wildman–Crippen MR) is 146 cm³/mol. The highest BCUT2D eigenvalue weighted by molar-refractivity contribution is 6.38. The zero-order valence-electron chi connectivity index (χ0n) is 21.2. The van der Waals surface area contributed by atoms with Gasteiger partial charge in [0.15, 0.2) is 11.5 Å². The van der Waals surface area contributed by atoms with Gasteiger partial charge in [0.1, 0.15) is 11.6 Å². The third kappa shape index (κ3) is 6.18. The number of halogens is 2. The highest BCUT2D eigenvalue weighted by atomic mass is 35.5. The molecular formula is C29H30Cl2N2O4. The number of aromatic nitrogens is 1. The molecule has 1 N–H and O–H groups in total. The maximum absolute atomic E-state index is 13.6. The number of carbonyl (C=O) groups excluding carboxylic acids is 1. The Kier molecular flexibility index (Phi) is 9.79. The molecule has 0 amide bonds. The van der Waals surface area contributed by atoms with E-state index in [2.05, 4.69) is 6.92 Å². The molecule has 2 aromatic carbocycles. The number of hydrogen-bond donors (Lipinski definition) is 1. The minimum absolute atomic E-state index is 0.0890. The summed E-state index contributed by atoms with van der Waals surface area (Å²) in [4.78, 5) is 26.7. The number of rotatable bonds is 11. The highest BCUT2D eigenvalue weighted by Crippen LogP contribution is 2.37. The van der Waals surface area contributed by atoms with Crippen molar-refractivity contribution < 1.29 is 14.6 Å². The van der Waals surface area contributed by atoms with Crippen LogP contribution in [0.5, 0.6) is 11.6 Å². The van der Waals surface area contributed by atoms with Gasteiger partial charge in [0.2, 0.25) is 5.88 Å². The van der Waals surface area contributed by atoms with Gasteiger partial charge in [-0.2, -0.15) is 5.26 Å². The lowest BCUT2D eigenvalue weighted by Gasteiger charge is -2.21. The van der Waals surface area contributed by atoms with Crippen LogP contribution in [0.4, 0.5) is 0 Å². The fourth-order valence-electron chi connectivity index (χ4n) is 4.29. The van der Waals surface area contributed by atoms with Crippen LogP contribution in [0.25, 0.3) is 0 Å². The molecule has 0 bridgehead atoms. The normalized spacial score (nSPS) is 11.7. The second kappa shape index (κ2) is 12.8. The van der Waals surface area contributed by atoms with Crippen LogP contribution in [0.1, 0.15) is 84.6 Å². The van der Waals surface area contributed by atoms with Crippen LogP contribution in [0, 0.1) is 18.3 Å². The fraction of sp³-hybridized carbons (Fsp3) is 0.345. The van der Waals surface area contributed by atoms with Crippen LogP contribution in [0.2, 0.25) is 10.0 Å². The van der Waals surface area contributed by atoms with Crippen LogP contribution in [0.15, 0.2) is 47.3 Å². The molecule has 1 unspecified atom stereocenters. The van der Waals surface area contributed by atoms with Crippen molar-refractivity contribution in [1.29, 1.82) is 5.26 Å². The Morgan fingerprint density at radius 2 is 1.73 bits per heavy atom. The van der Waals surface area contributed by atoms with Gasteiger partial charge in [0, 0.05) is 5.56 Å². The van der Waals surface area contributed by atoms with Crippen LogP contribution in [-0.2, 0) is 0 Å². The summed E-state index contributed by atoms with van der Waals surface area (Å²) in [6.07, 6.45) is 5.36. The Hall–Kier alpha value is -3.27. The molecule has 0 aliphatic carbocycles. The minimum Gasteiger partial charge on any atom is -0.494 e. The average molecular weight is 541 g/mol. The lowest BCUT2D eigenvalue weighted by molar-refractivity contribution is 0.103. The van der Waals surface area contributed by atoms with Crippen LogP contribution >= 0.6 is 23.2 Å². The number of nitrogens with zero attached hydrogens (tertiary/aromatic N) is 2. The average Bonchev–Trinajstić information content (AvgIpc) is 2.87. The summed E-state index contributed by atoms with van der Waals surface area (Å²) in [6.45, 7) is 5.77. The number of aromatic hydroxyl groups is 1. The molecule has 0 radical (unpaired) electrons. The number of nitriles is 1. The maximum Gasteiger partial charge on any atom is 0.272 e. The summed E-state index contributed by atoms with van der Waals surface area (Å²) in [5.41, 5.74) is -0.131. The number of carbonyl (C=O) groups is 1. The largest absolute Gasteiger partial charge is 0.494 e. The molecule has 0 fully saturated rings. The van der Waals surface area contributed by atoms with Crippen molar-refractivity contribution in [3.8, 4) is 17.7 Å². The van der Waals surface area contributed by atoms with Crippen LogP contribution in [-0.4, -0.2) is 22.1 Å². The van der Waals surface area contributed by atoms with Crippen molar-refractivity contribution in [2.75, 3.05) is 6.61 Å². The number of pyridine rings is 1. The van der Waals surface area contributed by atoms with Crippen molar-refractivity contribution in [2.24, 2.45) is 0 Å². The van der Waals surface area contributed by atoms with Crippen molar-refractivity contribution in [3.05, 3.63) is 90.7 Å². The first-order valence-corrected chi connectivity index (χ1v) is 13.1. The lowest BCUT2D eigenvalue weighted by atomic mass is 9.96. The molecule has 37 heavy (non-hydrogen) atoms. The van der Waals surface area contributed by atoms with Gasteiger partial charge in [-0.1, -0.05) is 86.1 Å². The molecule has 0 aliphatic heterocycles. The van der Waals surface area contributed by atoms with E-state index in [1.54, 1.807) is 31.2 Å². The van der Waals surface area contributed by atoms with Crippen LogP contribution < -0.4 is 10.3 Å². The molecular weight excluding hydrogens is 511 g/mol. The van der Waals surface area contributed by atoms with E-state index in [9.17, 15) is 20.0 Å². The maximum atomic E-state index is 13.6. The zero-order valence-corrected chi connectivity index (χ0v) is 22.7. The SMILES string of the molecule is CCCCCCCOc1c(Cl)cc(C(=O)c2c(C)c(C#N)c(=O)n(C(C)c3ccccc3)c2O)cc1Cl. The first-order chi connectivity index (χ1) is 17.7. The van der Waals surface area contributed by atoms with E-state index in [-0.39, 0.29) is 38.0 Å². The number of ether oxygens (including phenoxy) is 1. The molecule has 8 heteroatoms. The molecule has 194 valence electrons. The molecule has 1 atom stereocenters. The molecule has 1 heterocycles. The first kappa shape index (κ1) is 28.3. The van der Waals surface area contributed by atoms with Crippen molar-refractivity contribution in [2.45, 2.75) is 58.9 Å². The number of hydrogen-bond acceptors (Lipinski definition) is 5. The fourth-order valence-corrected chi connectivity index (χ4v) is 4.88. The van der Waals surface area contributed by atoms with Gasteiger partial charge in [-0.15, -0.1) is 0 Å². The van der Waals surface area contributed by atoms with Gasteiger partial charge in [-0.3, -0.25) is 14.2 Å². The molecule has 3 aromatic rings. The van der Waals surface area contributed by atoms with Gasteiger partial charge in [-0.05, 0) is 43.5 Å². The van der Waals surface area contributed by atoms with Gasteiger partial charge in [-0.25, -0.2) is 0 Å². The van der Waals surface area contributed by atoms with Gasteiger partial charge >= 0.3 is 0 Å². The Morgan fingerprint density at radius 3 is 2.32 bits per heavy atom. The summed E-state index contributed by atoms with van der Waals surface area (Å²) < 4.78 is 6.84. The molecule has 6 nitrogen and oxygen atoms in total. The van der Waals surface area contributed by atoms with Gasteiger partial charge in [0.25, 0.3) is 5.56 Å².